The molecule has 0 aliphatic carbocycles. The molecule has 0 atom stereocenters. The zero-order chi connectivity index (χ0) is 23.7. The lowest BCUT2D eigenvalue weighted by molar-refractivity contribution is -0.120. The number of amides is 3. The van der Waals surface area contributed by atoms with Crippen LogP contribution in [0, 0.1) is 20.8 Å². The van der Waals surface area contributed by atoms with Gasteiger partial charge in [-0.05, 0) is 67.8 Å². The monoisotopic (exact) mass is 459 g/mol. The summed E-state index contributed by atoms with van der Waals surface area (Å²) in [5, 5.41) is 5.64. The predicted octanol–water partition coefficient (Wildman–Crippen LogP) is 5.30. The molecule has 1 aliphatic rings. The molecular formula is C26H22ClN3O3. The second kappa shape index (κ2) is 8.92. The number of nitrogens with zero attached hydrogens (tertiary/aromatic N) is 1. The predicted molar refractivity (Wildman–Crippen MR) is 130 cm³/mol. The molecule has 3 amide bonds. The van der Waals surface area contributed by atoms with Crippen LogP contribution in [0.2, 0.25) is 0 Å². The standard InChI is InChI=1S/C26H22ClN3O3/c1-15-9-6-12-20(17(15)3)29-24(31)18-10-7-11-19(14-18)28-23-22(27)25(32)30(26(23)33)21-13-5-4-8-16(21)2/h4-14,28H,1-3H3,(H,29,31). The second-order valence-corrected chi connectivity index (χ2v) is 8.21. The Morgan fingerprint density at radius 3 is 2.30 bits per heavy atom. The molecule has 0 spiro atoms. The third-order valence-corrected chi connectivity index (χ3v) is 5.98. The van der Waals surface area contributed by atoms with E-state index < -0.39 is 11.8 Å². The third kappa shape index (κ3) is 4.25. The number of carbonyl (C=O) groups is 3. The maximum atomic E-state index is 13.0. The summed E-state index contributed by atoms with van der Waals surface area (Å²) in [6.07, 6.45) is 0. The first-order valence-corrected chi connectivity index (χ1v) is 10.7. The third-order valence-electron chi connectivity index (χ3n) is 5.63. The lowest BCUT2D eigenvalue weighted by Crippen LogP contribution is -2.32. The minimum Gasteiger partial charge on any atom is -0.350 e. The smallest absolute Gasteiger partial charge is 0.283 e. The van der Waals surface area contributed by atoms with Crippen LogP contribution in [0.1, 0.15) is 27.0 Å². The average molecular weight is 460 g/mol. The molecule has 0 radical (unpaired) electrons. The van der Waals surface area contributed by atoms with E-state index in [-0.39, 0.29) is 16.6 Å². The zero-order valence-corrected chi connectivity index (χ0v) is 19.2. The topological polar surface area (TPSA) is 78.5 Å². The van der Waals surface area contributed by atoms with Crippen molar-refractivity contribution in [2.24, 2.45) is 0 Å². The molecule has 4 rings (SSSR count). The van der Waals surface area contributed by atoms with Crippen LogP contribution in [-0.2, 0) is 9.59 Å². The molecule has 0 saturated carbocycles. The molecule has 0 aromatic heterocycles. The van der Waals surface area contributed by atoms with Gasteiger partial charge < -0.3 is 10.6 Å². The zero-order valence-electron chi connectivity index (χ0n) is 18.4. The lowest BCUT2D eigenvalue weighted by Gasteiger charge is -2.17. The van der Waals surface area contributed by atoms with Gasteiger partial charge in [-0.1, -0.05) is 48.0 Å². The fourth-order valence-electron chi connectivity index (χ4n) is 3.61. The quantitative estimate of drug-likeness (QED) is 0.507. The highest BCUT2D eigenvalue weighted by molar-refractivity contribution is 6.53. The Morgan fingerprint density at radius 1 is 0.848 bits per heavy atom. The van der Waals surface area contributed by atoms with Gasteiger partial charge in [-0.15, -0.1) is 0 Å². The molecule has 3 aromatic carbocycles. The van der Waals surface area contributed by atoms with Gasteiger partial charge in [0, 0.05) is 16.9 Å². The van der Waals surface area contributed by atoms with E-state index in [4.69, 9.17) is 11.6 Å². The summed E-state index contributed by atoms with van der Waals surface area (Å²) in [5.74, 6) is -1.44. The van der Waals surface area contributed by atoms with Crippen LogP contribution in [0.3, 0.4) is 0 Å². The van der Waals surface area contributed by atoms with E-state index in [0.29, 0.717) is 16.9 Å². The summed E-state index contributed by atoms with van der Waals surface area (Å²) in [5.41, 5.74) is 4.87. The van der Waals surface area contributed by atoms with Crippen molar-refractivity contribution in [3.8, 4) is 0 Å². The van der Waals surface area contributed by atoms with Gasteiger partial charge in [-0.2, -0.15) is 0 Å². The van der Waals surface area contributed by atoms with Gasteiger partial charge in [0.2, 0.25) is 0 Å². The number of hydrogen-bond acceptors (Lipinski definition) is 4. The molecule has 2 N–H and O–H groups in total. The number of imide groups is 1. The summed E-state index contributed by atoms with van der Waals surface area (Å²) in [6.45, 7) is 5.74. The number of rotatable bonds is 5. The number of para-hydroxylation sites is 1. The van der Waals surface area contributed by atoms with Gasteiger partial charge in [-0.25, -0.2) is 4.90 Å². The molecule has 6 nitrogen and oxygen atoms in total. The van der Waals surface area contributed by atoms with Crippen LogP contribution in [0.15, 0.2) is 77.5 Å². The van der Waals surface area contributed by atoms with Gasteiger partial charge in [0.25, 0.3) is 17.7 Å². The SMILES string of the molecule is Cc1ccccc1N1C(=O)C(Cl)=C(Nc2cccc(C(=O)Nc3cccc(C)c3C)c2)C1=O. The van der Waals surface area contributed by atoms with Crippen LogP contribution in [0.4, 0.5) is 17.1 Å². The summed E-state index contributed by atoms with van der Waals surface area (Å²) in [6, 6.07) is 19.4. The van der Waals surface area contributed by atoms with E-state index in [0.717, 1.165) is 27.3 Å². The molecule has 0 bridgehead atoms. The maximum Gasteiger partial charge on any atom is 0.283 e. The Kier molecular flexibility index (Phi) is 6.03. The highest BCUT2D eigenvalue weighted by Crippen LogP contribution is 2.32. The van der Waals surface area contributed by atoms with Crippen LogP contribution in [0.5, 0.6) is 0 Å². The minimum atomic E-state index is -0.595. The first-order chi connectivity index (χ1) is 15.8. The van der Waals surface area contributed by atoms with E-state index in [1.165, 1.54) is 0 Å². The Morgan fingerprint density at radius 2 is 1.55 bits per heavy atom. The molecule has 0 unspecified atom stereocenters. The van der Waals surface area contributed by atoms with Crippen molar-refractivity contribution in [1.29, 1.82) is 0 Å². The minimum absolute atomic E-state index is 0.0305. The average Bonchev–Trinajstić information content (AvgIpc) is 3.00. The first kappa shape index (κ1) is 22.3. The van der Waals surface area contributed by atoms with Gasteiger partial charge in [0.1, 0.15) is 10.7 Å². The van der Waals surface area contributed by atoms with Crippen LogP contribution >= 0.6 is 11.6 Å². The number of anilines is 3. The van der Waals surface area contributed by atoms with E-state index in [1.807, 2.05) is 51.1 Å². The number of carbonyl (C=O) groups excluding carboxylic acids is 3. The highest BCUT2D eigenvalue weighted by atomic mass is 35.5. The highest BCUT2D eigenvalue weighted by Gasteiger charge is 2.39. The number of benzene rings is 3. The lowest BCUT2D eigenvalue weighted by atomic mass is 10.1. The molecule has 0 saturated heterocycles. The number of nitrogens with one attached hydrogen (secondary N) is 2. The van der Waals surface area contributed by atoms with Crippen molar-refractivity contribution in [1.82, 2.24) is 0 Å². The Hall–Kier alpha value is -3.90. The van der Waals surface area contributed by atoms with Crippen LogP contribution in [0.25, 0.3) is 0 Å². The van der Waals surface area contributed by atoms with Gasteiger partial charge in [-0.3, -0.25) is 14.4 Å². The Bertz CT molecular complexity index is 1330. The fraction of sp³-hybridized carbons (Fsp3) is 0.115. The number of aryl methyl sites for hydroxylation is 2. The van der Waals surface area contributed by atoms with Crippen LogP contribution in [-0.4, -0.2) is 17.7 Å². The van der Waals surface area contributed by atoms with E-state index >= 15 is 0 Å². The van der Waals surface area contributed by atoms with E-state index in [1.54, 1.807) is 36.4 Å². The molecule has 0 fully saturated rings. The molecule has 166 valence electrons. The Labute approximate surface area is 196 Å². The van der Waals surface area contributed by atoms with Crippen molar-refractivity contribution >= 4 is 46.4 Å². The summed E-state index contributed by atoms with van der Waals surface area (Å²) >= 11 is 6.24. The molecular weight excluding hydrogens is 438 g/mol. The summed E-state index contributed by atoms with van der Waals surface area (Å²) in [7, 11) is 0. The Balaban J connectivity index is 1.56. The molecule has 1 aliphatic heterocycles. The number of hydrogen-bond donors (Lipinski definition) is 2. The maximum absolute atomic E-state index is 13.0. The molecule has 1 heterocycles. The summed E-state index contributed by atoms with van der Waals surface area (Å²) in [4.78, 5) is 39.6. The van der Waals surface area contributed by atoms with Crippen molar-refractivity contribution in [2.75, 3.05) is 15.5 Å². The summed E-state index contributed by atoms with van der Waals surface area (Å²) < 4.78 is 0. The molecule has 33 heavy (non-hydrogen) atoms. The van der Waals surface area contributed by atoms with Gasteiger partial charge >= 0.3 is 0 Å². The van der Waals surface area contributed by atoms with E-state index in [9.17, 15) is 14.4 Å². The fourth-order valence-corrected chi connectivity index (χ4v) is 3.82. The number of halogens is 1. The van der Waals surface area contributed by atoms with Crippen molar-refractivity contribution < 1.29 is 14.4 Å². The second-order valence-electron chi connectivity index (χ2n) is 7.83. The van der Waals surface area contributed by atoms with Gasteiger partial charge in [0.05, 0.1) is 5.69 Å². The van der Waals surface area contributed by atoms with Crippen LogP contribution < -0.4 is 15.5 Å². The van der Waals surface area contributed by atoms with E-state index in [2.05, 4.69) is 10.6 Å². The first-order valence-electron chi connectivity index (χ1n) is 10.4. The normalized spacial score (nSPS) is 13.5. The van der Waals surface area contributed by atoms with Crippen molar-refractivity contribution in [3.63, 3.8) is 0 Å². The molecule has 7 heteroatoms. The van der Waals surface area contributed by atoms with Crippen molar-refractivity contribution in [2.45, 2.75) is 20.8 Å². The molecule has 3 aromatic rings. The van der Waals surface area contributed by atoms with Crippen molar-refractivity contribution in [3.05, 3.63) is 99.7 Å². The van der Waals surface area contributed by atoms with Gasteiger partial charge in [0.15, 0.2) is 0 Å². The largest absolute Gasteiger partial charge is 0.350 e.